The number of nitriles is 1. The van der Waals surface area contributed by atoms with Crippen LogP contribution in [0.5, 0.6) is 0 Å². The van der Waals surface area contributed by atoms with Gasteiger partial charge in [-0.25, -0.2) is 10.1 Å². The summed E-state index contributed by atoms with van der Waals surface area (Å²) in [7, 11) is -3.60. The van der Waals surface area contributed by atoms with Crippen molar-refractivity contribution < 1.29 is 8.42 Å². The molecule has 116 valence electrons. The molecule has 0 saturated carbocycles. The van der Waals surface area contributed by atoms with Gasteiger partial charge in [0, 0.05) is 30.7 Å². The first-order valence-electron chi connectivity index (χ1n) is 6.80. The smallest absolute Gasteiger partial charge is 0.276 e. The average molecular weight is 337 g/mol. The summed E-state index contributed by atoms with van der Waals surface area (Å²) < 4.78 is 24.8. The van der Waals surface area contributed by atoms with E-state index < -0.39 is 10.2 Å². The summed E-state index contributed by atoms with van der Waals surface area (Å²) in [6, 6.07) is 4.19. The Kier molecular flexibility index (Phi) is 4.01. The van der Waals surface area contributed by atoms with Crippen LogP contribution in [0.25, 0.3) is 10.1 Å². The Morgan fingerprint density at radius 3 is 2.82 bits per heavy atom. The van der Waals surface area contributed by atoms with E-state index in [-0.39, 0.29) is 6.04 Å². The molecule has 1 aliphatic rings. The summed E-state index contributed by atoms with van der Waals surface area (Å²) in [6.45, 7) is 0.806. The van der Waals surface area contributed by atoms with Crippen LogP contribution in [0, 0.1) is 11.3 Å². The second-order valence-corrected chi connectivity index (χ2v) is 7.62. The van der Waals surface area contributed by atoms with Gasteiger partial charge < -0.3 is 5.32 Å². The fourth-order valence-electron chi connectivity index (χ4n) is 2.60. The predicted molar refractivity (Wildman–Crippen MR) is 85.7 cm³/mol. The maximum atomic E-state index is 11.3. The number of hydrogen-bond donors (Lipinski definition) is 2. The van der Waals surface area contributed by atoms with Gasteiger partial charge in [0.1, 0.15) is 11.9 Å². The molecule has 0 aromatic carbocycles. The lowest BCUT2D eigenvalue weighted by Gasteiger charge is -2.30. The molecule has 0 spiro atoms. The van der Waals surface area contributed by atoms with E-state index in [4.69, 9.17) is 10.4 Å². The van der Waals surface area contributed by atoms with Gasteiger partial charge in [0.2, 0.25) is 0 Å². The lowest BCUT2D eigenvalue weighted by molar-refractivity contribution is 0.330. The molecule has 2 aromatic heterocycles. The van der Waals surface area contributed by atoms with Gasteiger partial charge >= 0.3 is 0 Å². The van der Waals surface area contributed by atoms with Gasteiger partial charge in [0.05, 0.1) is 10.3 Å². The average Bonchev–Trinajstić information content (AvgIpc) is 2.97. The molecule has 0 unspecified atom stereocenters. The molecular weight excluding hydrogens is 322 g/mol. The van der Waals surface area contributed by atoms with Crippen molar-refractivity contribution in [2.75, 3.05) is 18.4 Å². The Morgan fingerprint density at radius 1 is 1.45 bits per heavy atom. The molecular formula is C13H15N5O2S2. The quantitative estimate of drug-likeness (QED) is 0.875. The number of anilines is 1. The van der Waals surface area contributed by atoms with Gasteiger partial charge in [-0.05, 0) is 24.3 Å². The van der Waals surface area contributed by atoms with Crippen LogP contribution in [0.15, 0.2) is 17.6 Å². The molecule has 7 nitrogen and oxygen atoms in total. The van der Waals surface area contributed by atoms with Crippen molar-refractivity contribution in [2.24, 2.45) is 5.14 Å². The van der Waals surface area contributed by atoms with E-state index in [0.717, 1.165) is 15.9 Å². The van der Waals surface area contributed by atoms with Crippen LogP contribution in [0.3, 0.4) is 0 Å². The predicted octanol–water partition coefficient (Wildman–Crippen LogP) is 1.25. The van der Waals surface area contributed by atoms with Crippen LogP contribution in [-0.2, 0) is 10.2 Å². The normalized spacial score (nSPS) is 17.5. The third-order valence-electron chi connectivity index (χ3n) is 3.77. The highest BCUT2D eigenvalue weighted by molar-refractivity contribution is 7.86. The molecule has 3 heterocycles. The highest BCUT2D eigenvalue weighted by atomic mass is 32.2. The Morgan fingerprint density at radius 2 is 2.18 bits per heavy atom. The van der Waals surface area contributed by atoms with Gasteiger partial charge in [0.15, 0.2) is 0 Å². The van der Waals surface area contributed by atoms with Crippen molar-refractivity contribution in [3.63, 3.8) is 0 Å². The van der Waals surface area contributed by atoms with Crippen molar-refractivity contribution in [2.45, 2.75) is 18.9 Å². The van der Waals surface area contributed by atoms with Crippen LogP contribution < -0.4 is 10.5 Å². The molecule has 0 atom stereocenters. The monoisotopic (exact) mass is 337 g/mol. The summed E-state index contributed by atoms with van der Waals surface area (Å²) in [5.41, 5.74) is 0.561. The molecule has 3 rings (SSSR count). The third kappa shape index (κ3) is 2.91. The zero-order chi connectivity index (χ0) is 15.7. The van der Waals surface area contributed by atoms with Crippen molar-refractivity contribution >= 4 is 37.5 Å². The maximum Gasteiger partial charge on any atom is 0.276 e. The van der Waals surface area contributed by atoms with Crippen molar-refractivity contribution in [1.82, 2.24) is 9.29 Å². The number of fused-ring (bicyclic) bond motifs is 1. The third-order valence-corrected chi connectivity index (χ3v) is 5.77. The Labute approximate surface area is 132 Å². The highest BCUT2D eigenvalue weighted by Crippen LogP contribution is 2.30. The molecule has 1 fully saturated rings. The summed E-state index contributed by atoms with van der Waals surface area (Å²) >= 11 is 1.53. The van der Waals surface area contributed by atoms with E-state index in [9.17, 15) is 8.42 Å². The lowest BCUT2D eigenvalue weighted by atomic mass is 10.1. The number of nitrogens with zero attached hydrogens (tertiary/aromatic N) is 3. The molecule has 3 N–H and O–H groups in total. The number of hydrogen-bond acceptors (Lipinski definition) is 6. The molecule has 1 saturated heterocycles. The molecule has 22 heavy (non-hydrogen) atoms. The molecule has 9 heteroatoms. The number of nitrogens with two attached hydrogens (primary N) is 1. The van der Waals surface area contributed by atoms with Crippen molar-refractivity contribution in [3.8, 4) is 6.07 Å². The molecule has 2 aromatic rings. The minimum Gasteiger partial charge on any atom is -0.366 e. The van der Waals surface area contributed by atoms with Gasteiger partial charge in [-0.15, -0.1) is 11.3 Å². The van der Waals surface area contributed by atoms with Crippen LogP contribution in [0.1, 0.15) is 18.4 Å². The Hall–Kier alpha value is -1.73. The zero-order valence-electron chi connectivity index (χ0n) is 11.7. The molecule has 0 amide bonds. The van der Waals surface area contributed by atoms with E-state index in [2.05, 4.69) is 16.4 Å². The fourth-order valence-corrected chi connectivity index (χ4v) is 4.19. The van der Waals surface area contributed by atoms with Crippen LogP contribution in [0.4, 0.5) is 5.82 Å². The first-order chi connectivity index (χ1) is 10.5. The topological polar surface area (TPSA) is 112 Å². The minimum atomic E-state index is -3.60. The Bertz CT molecular complexity index is 832. The van der Waals surface area contributed by atoms with Crippen molar-refractivity contribution in [3.05, 3.63) is 23.2 Å². The second kappa shape index (κ2) is 5.81. The van der Waals surface area contributed by atoms with Crippen LogP contribution in [-0.4, -0.2) is 36.8 Å². The molecule has 1 aliphatic heterocycles. The van der Waals surface area contributed by atoms with E-state index in [1.807, 2.05) is 11.4 Å². The van der Waals surface area contributed by atoms with E-state index >= 15 is 0 Å². The number of thiophene rings is 1. The minimum absolute atomic E-state index is 0.142. The first-order valence-corrected chi connectivity index (χ1v) is 9.18. The van der Waals surface area contributed by atoms with Gasteiger partial charge in [-0.1, -0.05) is 0 Å². The van der Waals surface area contributed by atoms with Gasteiger partial charge in [-0.3, -0.25) is 0 Å². The zero-order valence-corrected chi connectivity index (χ0v) is 13.3. The van der Waals surface area contributed by atoms with Crippen molar-refractivity contribution in [1.29, 1.82) is 5.26 Å². The summed E-state index contributed by atoms with van der Waals surface area (Å²) in [6.07, 6.45) is 2.91. The van der Waals surface area contributed by atoms with E-state index in [1.54, 1.807) is 6.20 Å². The Balaban J connectivity index is 1.76. The highest BCUT2D eigenvalue weighted by Gasteiger charge is 2.25. The lowest BCUT2D eigenvalue weighted by Crippen LogP contribution is -2.45. The number of nitrogens with one attached hydrogen (secondary N) is 1. The van der Waals surface area contributed by atoms with Gasteiger partial charge in [-0.2, -0.15) is 18.0 Å². The molecule has 0 radical (unpaired) electrons. The van der Waals surface area contributed by atoms with E-state index in [0.29, 0.717) is 31.5 Å². The SMILES string of the molecule is N#Cc1cnc(NC2CCN(S(N)(=O)=O)CC2)c2sccc12. The standard InChI is InChI=1S/C13H15N5O2S2/c14-7-9-8-16-13(12-11(9)3-6-21-12)17-10-1-4-18(5-2-10)22(15,19)20/h3,6,8,10H,1-2,4-5H2,(H,16,17)(H2,15,19,20). The molecule has 0 bridgehead atoms. The van der Waals surface area contributed by atoms with Crippen LogP contribution >= 0.6 is 11.3 Å². The van der Waals surface area contributed by atoms with Gasteiger partial charge in [0.25, 0.3) is 10.2 Å². The largest absolute Gasteiger partial charge is 0.366 e. The van der Waals surface area contributed by atoms with Crippen LogP contribution in [0.2, 0.25) is 0 Å². The number of pyridine rings is 1. The molecule has 0 aliphatic carbocycles. The number of rotatable bonds is 3. The summed E-state index contributed by atoms with van der Waals surface area (Å²) in [5.74, 6) is 0.748. The second-order valence-electron chi connectivity index (χ2n) is 5.16. The maximum absolute atomic E-state index is 11.3. The fraction of sp³-hybridized carbons (Fsp3) is 0.385. The number of aromatic nitrogens is 1. The summed E-state index contributed by atoms with van der Waals surface area (Å²) in [4.78, 5) is 4.33. The summed E-state index contributed by atoms with van der Waals surface area (Å²) in [5, 5.41) is 20.4. The number of piperidine rings is 1. The van der Waals surface area contributed by atoms with E-state index in [1.165, 1.54) is 15.6 Å². The first kappa shape index (κ1) is 15.2.